The van der Waals surface area contributed by atoms with Crippen LogP contribution >= 0.6 is 11.3 Å². The van der Waals surface area contributed by atoms with E-state index in [0.29, 0.717) is 6.04 Å². The molecule has 1 rings (SSSR count). The van der Waals surface area contributed by atoms with Gasteiger partial charge in [0.2, 0.25) is 0 Å². The summed E-state index contributed by atoms with van der Waals surface area (Å²) in [5.41, 5.74) is 1.85. The van der Waals surface area contributed by atoms with Crippen molar-refractivity contribution in [2.75, 3.05) is 7.05 Å². The van der Waals surface area contributed by atoms with Gasteiger partial charge in [0, 0.05) is 17.1 Å². The van der Waals surface area contributed by atoms with Crippen molar-refractivity contribution in [3.63, 3.8) is 0 Å². The monoisotopic (exact) mass is 142 g/mol. The Morgan fingerprint density at radius 1 is 1.78 bits per heavy atom. The van der Waals surface area contributed by atoms with E-state index in [-0.39, 0.29) is 0 Å². The Morgan fingerprint density at radius 3 is 3.00 bits per heavy atom. The molecule has 0 bridgehead atoms. The normalized spacial score (nSPS) is 13.6. The van der Waals surface area contributed by atoms with Crippen molar-refractivity contribution < 1.29 is 0 Å². The summed E-state index contributed by atoms with van der Waals surface area (Å²) >= 11 is 1.68. The molecule has 1 aromatic heterocycles. The van der Waals surface area contributed by atoms with Gasteiger partial charge in [0.25, 0.3) is 0 Å². The minimum atomic E-state index is 0.442. The number of rotatable bonds is 2. The van der Waals surface area contributed by atoms with Crippen LogP contribution in [0, 0.1) is 0 Å². The molecule has 1 N–H and O–H groups in total. The Morgan fingerprint density at radius 2 is 2.56 bits per heavy atom. The van der Waals surface area contributed by atoms with Crippen molar-refractivity contribution in [1.82, 2.24) is 10.3 Å². The van der Waals surface area contributed by atoms with Crippen LogP contribution in [0.1, 0.15) is 17.8 Å². The Hall–Kier alpha value is -0.410. The van der Waals surface area contributed by atoms with E-state index < -0.39 is 0 Å². The van der Waals surface area contributed by atoms with E-state index in [0.717, 1.165) is 0 Å². The zero-order valence-corrected chi connectivity index (χ0v) is 6.40. The number of nitrogens with zero attached hydrogens (tertiary/aromatic N) is 1. The summed E-state index contributed by atoms with van der Waals surface area (Å²) < 4.78 is 0. The van der Waals surface area contributed by atoms with Crippen molar-refractivity contribution in [2.24, 2.45) is 0 Å². The molecule has 1 unspecified atom stereocenters. The highest BCUT2D eigenvalue weighted by atomic mass is 32.1. The maximum Gasteiger partial charge on any atom is 0.0794 e. The van der Waals surface area contributed by atoms with Crippen molar-refractivity contribution in [2.45, 2.75) is 13.0 Å². The summed E-state index contributed by atoms with van der Waals surface area (Å²) in [6.45, 7) is 2.12. The number of nitrogens with one attached hydrogen (secondary N) is 1. The third-order valence-corrected chi connectivity index (χ3v) is 2.27. The molecular formula is C6H10N2S. The molecule has 0 aliphatic heterocycles. The van der Waals surface area contributed by atoms with Gasteiger partial charge in [-0.25, -0.2) is 0 Å². The van der Waals surface area contributed by atoms with Gasteiger partial charge in [-0.3, -0.25) is 4.98 Å². The summed E-state index contributed by atoms with van der Waals surface area (Å²) in [7, 11) is 1.95. The Bertz CT molecular complexity index is 160. The summed E-state index contributed by atoms with van der Waals surface area (Å²) in [5.74, 6) is 0. The lowest BCUT2D eigenvalue weighted by molar-refractivity contribution is 0.662. The summed E-state index contributed by atoms with van der Waals surface area (Å²) in [4.78, 5) is 5.26. The zero-order chi connectivity index (χ0) is 6.69. The molecule has 9 heavy (non-hydrogen) atoms. The largest absolute Gasteiger partial charge is 0.312 e. The molecule has 0 saturated carbocycles. The quantitative estimate of drug-likeness (QED) is 0.675. The minimum Gasteiger partial charge on any atom is -0.312 e. The van der Waals surface area contributed by atoms with Gasteiger partial charge in [0.1, 0.15) is 0 Å². The van der Waals surface area contributed by atoms with Gasteiger partial charge in [0.05, 0.1) is 5.51 Å². The second-order valence-electron chi connectivity index (χ2n) is 1.91. The maximum absolute atomic E-state index is 3.97. The predicted octanol–water partition coefficient (Wildman–Crippen LogP) is 1.42. The Balaban J connectivity index is 2.65. The molecular weight excluding hydrogens is 132 g/mol. The number of hydrogen-bond acceptors (Lipinski definition) is 3. The number of hydrogen-bond donors (Lipinski definition) is 1. The lowest BCUT2D eigenvalue weighted by atomic mass is 10.3. The molecule has 1 heterocycles. The fourth-order valence-corrected chi connectivity index (χ4v) is 1.27. The summed E-state index contributed by atoms with van der Waals surface area (Å²) in [6, 6.07) is 0.442. The van der Waals surface area contributed by atoms with Gasteiger partial charge in [-0.15, -0.1) is 11.3 Å². The number of aromatic nitrogens is 1. The lowest BCUT2D eigenvalue weighted by Gasteiger charge is -2.04. The third kappa shape index (κ3) is 1.50. The van der Waals surface area contributed by atoms with Gasteiger partial charge in [0.15, 0.2) is 0 Å². The van der Waals surface area contributed by atoms with Crippen LogP contribution in [0.25, 0.3) is 0 Å². The Kier molecular flexibility index (Phi) is 2.19. The van der Waals surface area contributed by atoms with E-state index in [2.05, 4.69) is 17.2 Å². The topological polar surface area (TPSA) is 24.9 Å². The van der Waals surface area contributed by atoms with E-state index in [1.807, 2.05) is 18.8 Å². The first kappa shape index (κ1) is 6.71. The van der Waals surface area contributed by atoms with Crippen LogP contribution in [-0.4, -0.2) is 12.0 Å². The number of thiazole rings is 1. The maximum atomic E-state index is 3.97. The van der Waals surface area contributed by atoms with E-state index in [9.17, 15) is 0 Å². The molecule has 0 aliphatic rings. The van der Waals surface area contributed by atoms with Crippen molar-refractivity contribution in [3.05, 3.63) is 16.6 Å². The molecule has 3 heteroatoms. The van der Waals surface area contributed by atoms with Crippen molar-refractivity contribution >= 4 is 11.3 Å². The molecule has 1 aromatic rings. The van der Waals surface area contributed by atoms with Gasteiger partial charge >= 0.3 is 0 Å². The standard InChI is InChI=1S/C6H10N2S/c1-5(7-2)6-3-8-4-9-6/h3-5,7H,1-2H3. The molecule has 0 radical (unpaired) electrons. The molecule has 2 nitrogen and oxygen atoms in total. The molecule has 0 amide bonds. The van der Waals surface area contributed by atoms with Crippen LogP contribution in [-0.2, 0) is 0 Å². The first-order valence-corrected chi connectivity index (χ1v) is 3.78. The van der Waals surface area contributed by atoms with E-state index in [1.165, 1.54) is 4.88 Å². The van der Waals surface area contributed by atoms with E-state index in [4.69, 9.17) is 0 Å². The molecule has 0 saturated heterocycles. The van der Waals surface area contributed by atoms with Gasteiger partial charge in [-0.05, 0) is 14.0 Å². The van der Waals surface area contributed by atoms with Crippen LogP contribution in [0.15, 0.2) is 11.7 Å². The second-order valence-corrected chi connectivity index (χ2v) is 2.83. The minimum absolute atomic E-state index is 0.442. The fraction of sp³-hybridized carbons (Fsp3) is 0.500. The van der Waals surface area contributed by atoms with Gasteiger partial charge < -0.3 is 5.32 Å². The van der Waals surface area contributed by atoms with Crippen molar-refractivity contribution in [3.8, 4) is 0 Å². The van der Waals surface area contributed by atoms with Gasteiger partial charge in [-0.1, -0.05) is 0 Å². The highest BCUT2D eigenvalue weighted by Gasteiger charge is 2.01. The molecule has 0 aliphatic carbocycles. The smallest absolute Gasteiger partial charge is 0.0794 e. The van der Waals surface area contributed by atoms with Crippen LogP contribution in [0.5, 0.6) is 0 Å². The summed E-state index contributed by atoms with van der Waals surface area (Å²) in [5, 5.41) is 3.14. The lowest BCUT2D eigenvalue weighted by Crippen LogP contribution is -2.10. The van der Waals surface area contributed by atoms with Crippen LogP contribution in [0.4, 0.5) is 0 Å². The van der Waals surface area contributed by atoms with E-state index >= 15 is 0 Å². The second kappa shape index (κ2) is 2.94. The molecule has 1 atom stereocenters. The highest BCUT2D eigenvalue weighted by molar-refractivity contribution is 7.09. The Labute approximate surface area is 58.9 Å². The van der Waals surface area contributed by atoms with Crippen LogP contribution in [0.2, 0.25) is 0 Å². The molecule has 50 valence electrons. The predicted molar refractivity (Wildman–Crippen MR) is 39.6 cm³/mol. The molecule has 0 aromatic carbocycles. The first-order chi connectivity index (χ1) is 4.34. The average molecular weight is 142 g/mol. The average Bonchev–Trinajstić information content (AvgIpc) is 2.37. The van der Waals surface area contributed by atoms with Crippen LogP contribution < -0.4 is 5.32 Å². The van der Waals surface area contributed by atoms with Crippen LogP contribution in [0.3, 0.4) is 0 Å². The SMILES string of the molecule is CNC(C)c1cncs1. The van der Waals surface area contributed by atoms with E-state index in [1.54, 1.807) is 11.3 Å². The third-order valence-electron chi connectivity index (χ3n) is 1.31. The first-order valence-electron chi connectivity index (χ1n) is 2.90. The molecule has 0 spiro atoms. The van der Waals surface area contributed by atoms with Gasteiger partial charge in [-0.2, -0.15) is 0 Å². The molecule has 0 fully saturated rings. The zero-order valence-electron chi connectivity index (χ0n) is 5.59. The highest BCUT2D eigenvalue weighted by Crippen LogP contribution is 2.14. The van der Waals surface area contributed by atoms with Crippen molar-refractivity contribution in [1.29, 1.82) is 0 Å². The summed E-state index contributed by atoms with van der Waals surface area (Å²) in [6.07, 6.45) is 1.89. The fourth-order valence-electron chi connectivity index (χ4n) is 0.582.